The third kappa shape index (κ3) is 2.66. The minimum Gasteiger partial charge on any atom is -0.478 e. The van der Waals surface area contributed by atoms with Gasteiger partial charge < -0.3 is 5.11 Å². The lowest BCUT2D eigenvalue weighted by atomic mass is 10.1. The van der Waals surface area contributed by atoms with Gasteiger partial charge in [0.1, 0.15) is 11.3 Å². The number of pyridine rings is 1. The summed E-state index contributed by atoms with van der Waals surface area (Å²) in [4.78, 5) is 12.8. The van der Waals surface area contributed by atoms with Gasteiger partial charge in [-0.05, 0) is 6.07 Å². The number of alkyl halides is 5. The van der Waals surface area contributed by atoms with E-state index < -0.39 is 41.3 Å². The average Bonchev–Trinajstić information content (AvgIpc) is 2.13. The molecule has 0 atom stereocenters. The zero-order chi connectivity index (χ0) is 13.4. The topological polar surface area (TPSA) is 50.2 Å². The monoisotopic (exact) mass is 259 g/mol. The smallest absolute Gasteiger partial charge is 0.421 e. The first-order valence-electron chi connectivity index (χ1n) is 3.93. The number of carbonyl (C=O) groups is 1. The van der Waals surface area contributed by atoms with Crippen molar-refractivity contribution < 1.29 is 36.2 Å². The molecule has 1 heterocycles. The SMILES string of the molecule is O=C(O)c1cc(C(F)F)nc(F)c1C(F)(F)F. The molecule has 0 bridgehead atoms. The van der Waals surface area contributed by atoms with Crippen molar-refractivity contribution in [2.75, 3.05) is 0 Å². The Morgan fingerprint density at radius 3 is 2.24 bits per heavy atom. The van der Waals surface area contributed by atoms with E-state index in [0.29, 0.717) is 0 Å². The minimum atomic E-state index is -5.33. The molecule has 94 valence electrons. The van der Waals surface area contributed by atoms with Crippen LogP contribution in [0, 0.1) is 5.95 Å². The van der Waals surface area contributed by atoms with Crippen LogP contribution in [-0.4, -0.2) is 16.1 Å². The van der Waals surface area contributed by atoms with Crippen LogP contribution >= 0.6 is 0 Å². The molecule has 17 heavy (non-hydrogen) atoms. The van der Waals surface area contributed by atoms with Crippen molar-refractivity contribution in [1.82, 2.24) is 4.98 Å². The van der Waals surface area contributed by atoms with Crippen LogP contribution < -0.4 is 0 Å². The molecule has 3 nitrogen and oxygen atoms in total. The highest BCUT2D eigenvalue weighted by Crippen LogP contribution is 2.35. The fourth-order valence-electron chi connectivity index (χ4n) is 1.08. The van der Waals surface area contributed by atoms with Gasteiger partial charge in [0.15, 0.2) is 0 Å². The van der Waals surface area contributed by atoms with Gasteiger partial charge in [0.05, 0.1) is 5.56 Å². The molecule has 9 heteroatoms. The average molecular weight is 259 g/mol. The lowest BCUT2D eigenvalue weighted by Gasteiger charge is -2.11. The summed E-state index contributed by atoms with van der Waals surface area (Å²) in [6.07, 6.45) is -8.70. The number of nitrogens with zero attached hydrogens (tertiary/aromatic N) is 1. The molecular formula is C8H3F6NO2. The standard InChI is InChI=1S/C8H3F6NO2/c9-5(10)3-1-2(7(16)17)4(6(11)15-3)8(12,13)14/h1,5H,(H,16,17). The van der Waals surface area contributed by atoms with Gasteiger partial charge in [0.25, 0.3) is 6.43 Å². The maximum absolute atomic E-state index is 12.9. The molecular weight excluding hydrogens is 256 g/mol. The lowest BCUT2D eigenvalue weighted by molar-refractivity contribution is -0.141. The second-order valence-corrected chi connectivity index (χ2v) is 2.86. The molecule has 0 aliphatic rings. The van der Waals surface area contributed by atoms with Crippen molar-refractivity contribution in [1.29, 1.82) is 0 Å². The summed E-state index contributed by atoms with van der Waals surface area (Å²) >= 11 is 0. The van der Waals surface area contributed by atoms with Gasteiger partial charge in [-0.15, -0.1) is 0 Å². The van der Waals surface area contributed by atoms with E-state index in [0.717, 1.165) is 0 Å². The van der Waals surface area contributed by atoms with E-state index in [9.17, 15) is 31.1 Å². The highest BCUT2D eigenvalue weighted by atomic mass is 19.4. The van der Waals surface area contributed by atoms with Gasteiger partial charge in [-0.1, -0.05) is 0 Å². The molecule has 0 saturated heterocycles. The quantitative estimate of drug-likeness (QED) is 0.656. The molecule has 1 rings (SSSR count). The molecule has 0 radical (unpaired) electrons. The molecule has 1 N–H and O–H groups in total. The second-order valence-electron chi connectivity index (χ2n) is 2.86. The number of hydrogen-bond donors (Lipinski definition) is 1. The van der Waals surface area contributed by atoms with Crippen LogP contribution in [0.2, 0.25) is 0 Å². The molecule has 0 amide bonds. The fourth-order valence-corrected chi connectivity index (χ4v) is 1.08. The van der Waals surface area contributed by atoms with Crippen LogP contribution in [0.15, 0.2) is 6.07 Å². The highest BCUT2D eigenvalue weighted by Gasteiger charge is 2.40. The van der Waals surface area contributed by atoms with Crippen LogP contribution in [-0.2, 0) is 6.18 Å². The zero-order valence-electron chi connectivity index (χ0n) is 7.73. The van der Waals surface area contributed by atoms with E-state index in [2.05, 4.69) is 4.98 Å². The molecule has 0 fully saturated rings. The van der Waals surface area contributed by atoms with Gasteiger partial charge >= 0.3 is 12.1 Å². The van der Waals surface area contributed by atoms with Crippen molar-refractivity contribution in [2.45, 2.75) is 12.6 Å². The van der Waals surface area contributed by atoms with Gasteiger partial charge in [0.2, 0.25) is 5.95 Å². The molecule has 0 aliphatic heterocycles. The van der Waals surface area contributed by atoms with Crippen molar-refractivity contribution in [2.24, 2.45) is 0 Å². The molecule has 0 aliphatic carbocycles. The van der Waals surface area contributed by atoms with Gasteiger partial charge in [0, 0.05) is 0 Å². The molecule has 0 saturated carbocycles. The summed E-state index contributed by atoms with van der Waals surface area (Å²) in [5.41, 5.74) is -5.14. The highest BCUT2D eigenvalue weighted by molar-refractivity contribution is 5.89. The van der Waals surface area contributed by atoms with Crippen molar-refractivity contribution in [3.8, 4) is 0 Å². The summed E-state index contributed by atoms with van der Waals surface area (Å²) in [6.45, 7) is 0. The Morgan fingerprint density at radius 2 is 1.88 bits per heavy atom. The third-order valence-electron chi connectivity index (χ3n) is 1.73. The Labute approximate surface area is 89.7 Å². The predicted molar refractivity (Wildman–Crippen MR) is 41.1 cm³/mol. The number of halogens is 6. The summed E-state index contributed by atoms with van der Waals surface area (Å²) in [5.74, 6) is -4.45. The van der Waals surface area contributed by atoms with E-state index in [1.54, 1.807) is 0 Å². The van der Waals surface area contributed by atoms with Crippen LogP contribution in [0.5, 0.6) is 0 Å². The zero-order valence-corrected chi connectivity index (χ0v) is 7.73. The third-order valence-corrected chi connectivity index (χ3v) is 1.73. The first kappa shape index (κ1) is 13.3. The van der Waals surface area contributed by atoms with Crippen molar-refractivity contribution in [3.05, 3.63) is 28.8 Å². The van der Waals surface area contributed by atoms with E-state index in [-0.39, 0.29) is 6.07 Å². The Morgan fingerprint density at radius 1 is 1.35 bits per heavy atom. The van der Waals surface area contributed by atoms with Gasteiger partial charge in [-0.2, -0.15) is 17.6 Å². The van der Waals surface area contributed by atoms with Crippen LogP contribution in [0.3, 0.4) is 0 Å². The molecule has 0 aromatic carbocycles. The summed E-state index contributed by atoms with van der Waals surface area (Å²) in [6, 6.07) is -0.00109. The van der Waals surface area contributed by atoms with Gasteiger partial charge in [-0.25, -0.2) is 18.6 Å². The Balaban J connectivity index is 3.56. The summed E-state index contributed by atoms with van der Waals surface area (Å²) in [5, 5.41) is 8.42. The Kier molecular flexibility index (Phi) is 3.30. The number of rotatable bonds is 2. The summed E-state index contributed by atoms with van der Waals surface area (Å²) < 4.78 is 73.9. The lowest BCUT2D eigenvalue weighted by Crippen LogP contribution is -2.18. The Hall–Kier alpha value is -1.80. The normalized spacial score (nSPS) is 11.9. The summed E-state index contributed by atoms with van der Waals surface area (Å²) in [7, 11) is 0. The van der Waals surface area contributed by atoms with Crippen LogP contribution in [0.4, 0.5) is 26.3 Å². The number of carboxylic acids is 1. The van der Waals surface area contributed by atoms with Crippen LogP contribution in [0.1, 0.15) is 28.0 Å². The largest absolute Gasteiger partial charge is 0.478 e. The molecule has 0 unspecified atom stereocenters. The van der Waals surface area contributed by atoms with E-state index in [1.807, 2.05) is 0 Å². The number of aromatic carboxylic acids is 1. The number of aromatic nitrogens is 1. The number of carboxylic acid groups (broad SMARTS) is 1. The Bertz CT molecular complexity index is 456. The van der Waals surface area contributed by atoms with E-state index in [1.165, 1.54) is 0 Å². The number of hydrogen-bond acceptors (Lipinski definition) is 2. The second kappa shape index (κ2) is 4.22. The molecule has 1 aromatic rings. The van der Waals surface area contributed by atoms with E-state index in [4.69, 9.17) is 5.11 Å². The van der Waals surface area contributed by atoms with Crippen molar-refractivity contribution in [3.63, 3.8) is 0 Å². The van der Waals surface area contributed by atoms with Crippen molar-refractivity contribution >= 4 is 5.97 Å². The maximum Gasteiger partial charge on any atom is 0.421 e. The predicted octanol–water partition coefficient (Wildman–Crippen LogP) is 2.88. The van der Waals surface area contributed by atoms with Crippen LogP contribution in [0.25, 0.3) is 0 Å². The molecule has 1 aromatic heterocycles. The first-order valence-corrected chi connectivity index (χ1v) is 3.93. The van der Waals surface area contributed by atoms with Gasteiger partial charge in [-0.3, -0.25) is 0 Å². The molecule has 0 spiro atoms. The van der Waals surface area contributed by atoms with E-state index >= 15 is 0 Å². The minimum absolute atomic E-state index is 0.00109. The first-order chi connectivity index (χ1) is 7.64. The fraction of sp³-hybridized carbons (Fsp3) is 0.250. The maximum atomic E-state index is 12.9.